The minimum atomic E-state index is -0.598. The van der Waals surface area contributed by atoms with E-state index in [0.29, 0.717) is 22.8 Å². The van der Waals surface area contributed by atoms with E-state index in [0.717, 1.165) is 10.0 Å². The number of aromatic nitrogens is 1. The number of halogens is 2. The number of nitrogens with zero attached hydrogens (tertiary/aromatic N) is 2. The Morgan fingerprint density at radius 3 is 2.66 bits per heavy atom. The number of hydrogen-bond donors (Lipinski definition) is 1. The minimum Gasteiger partial charge on any atom is -0.497 e. The quantitative estimate of drug-likeness (QED) is 0.510. The van der Waals surface area contributed by atoms with Gasteiger partial charge < -0.3 is 19.4 Å². The number of nitriles is 1. The van der Waals surface area contributed by atoms with E-state index in [2.05, 4.69) is 32.8 Å². The maximum atomic E-state index is 13.5. The summed E-state index contributed by atoms with van der Waals surface area (Å²) in [6, 6.07) is 12.9. The predicted octanol–water partition coefficient (Wildman–Crippen LogP) is 4.50. The van der Waals surface area contributed by atoms with Gasteiger partial charge in [-0.15, -0.1) is 0 Å². The summed E-state index contributed by atoms with van der Waals surface area (Å²) in [6.45, 7) is 0.341. The van der Waals surface area contributed by atoms with Crippen LogP contribution in [-0.2, 0) is 6.54 Å². The lowest BCUT2D eigenvalue weighted by molar-refractivity contribution is 0.0759. The van der Waals surface area contributed by atoms with E-state index in [4.69, 9.17) is 14.7 Å². The van der Waals surface area contributed by atoms with Crippen molar-refractivity contribution in [3.8, 4) is 29.4 Å². The number of hydrogen-bond acceptors (Lipinski definition) is 4. The number of carbonyl (C=O) groups excluding carboxylic acids is 1. The van der Waals surface area contributed by atoms with E-state index in [1.807, 2.05) is 6.07 Å². The van der Waals surface area contributed by atoms with Crippen LogP contribution < -0.4 is 9.47 Å². The summed E-state index contributed by atoms with van der Waals surface area (Å²) >= 11 is 3.34. The van der Waals surface area contributed by atoms with Crippen LogP contribution >= 0.6 is 15.9 Å². The molecule has 0 atom stereocenters. The van der Waals surface area contributed by atoms with Gasteiger partial charge in [0.25, 0.3) is 5.91 Å². The molecule has 3 rings (SSSR count). The van der Waals surface area contributed by atoms with E-state index >= 15 is 0 Å². The van der Waals surface area contributed by atoms with Gasteiger partial charge in [-0.25, -0.2) is 4.39 Å². The molecule has 0 bridgehead atoms. The van der Waals surface area contributed by atoms with Crippen LogP contribution in [0.4, 0.5) is 4.39 Å². The van der Waals surface area contributed by atoms with Crippen molar-refractivity contribution in [3.05, 3.63) is 81.3 Å². The molecule has 0 aliphatic rings. The van der Waals surface area contributed by atoms with E-state index in [-0.39, 0.29) is 24.6 Å². The van der Waals surface area contributed by atoms with Gasteiger partial charge in [0.05, 0.1) is 32.9 Å². The van der Waals surface area contributed by atoms with Crippen molar-refractivity contribution in [3.63, 3.8) is 0 Å². The molecule has 1 amide bonds. The van der Waals surface area contributed by atoms with Crippen molar-refractivity contribution in [2.24, 2.45) is 0 Å². The molecule has 3 aromatic rings. The van der Waals surface area contributed by atoms with Crippen molar-refractivity contribution >= 4 is 21.8 Å². The molecule has 162 valence electrons. The Balaban J connectivity index is 1.89. The van der Waals surface area contributed by atoms with Gasteiger partial charge in [-0.3, -0.25) is 4.79 Å². The second-order valence-electron chi connectivity index (χ2n) is 6.68. The number of ether oxygens (including phenoxy) is 2. The van der Waals surface area contributed by atoms with E-state index in [1.54, 1.807) is 49.6 Å². The first-order valence-corrected chi connectivity index (χ1v) is 10.3. The first kappa shape index (κ1) is 22.9. The second-order valence-corrected chi connectivity index (χ2v) is 7.59. The van der Waals surface area contributed by atoms with Crippen LogP contribution in [0, 0.1) is 29.0 Å². The monoisotopic (exact) mass is 495 g/mol. The SMILES string of the molecule is COc1ccc(CN(CC#Cc2ccc(F)c(C#N)c2)C(=O)c2cc(Br)c[nH]2)c(OC)c1. The third-order valence-corrected chi connectivity index (χ3v) is 5.07. The highest BCUT2D eigenvalue weighted by atomic mass is 79.9. The summed E-state index contributed by atoms with van der Waals surface area (Å²) in [7, 11) is 3.11. The summed E-state index contributed by atoms with van der Waals surface area (Å²) in [6.07, 6.45) is 1.67. The summed E-state index contributed by atoms with van der Waals surface area (Å²) in [5.41, 5.74) is 1.59. The van der Waals surface area contributed by atoms with Crippen molar-refractivity contribution in [2.75, 3.05) is 20.8 Å². The fourth-order valence-corrected chi connectivity index (χ4v) is 3.32. The van der Waals surface area contributed by atoms with E-state index < -0.39 is 5.82 Å². The van der Waals surface area contributed by atoms with Crippen LogP contribution in [0.1, 0.15) is 27.2 Å². The van der Waals surface area contributed by atoms with Crippen LogP contribution in [0.5, 0.6) is 11.5 Å². The van der Waals surface area contributed by atoms with Crippen LogP contribution in [0.15, 0.2) is 53.1 Å². The van der Waals surface area contributed by atoms with Gasteiger partial charge in [-0.1, -0.05) is 11.8 Å². The molecule has 0 unspecified atom stereocenters. The Labute approximate surface area is 193 Å². The lowest BCUT2D eigenvalue weighted by Gasteiger charge is -2.21. The first-order chi connectivity index (χ1) is 15.4. The number of benzene rings is 2. The Hall–Kier alpha value is -3.75. The molecule has 2 aromatic carbocycles. The van der Waals surface area contributed by atoms with Crippen molar-refractivity contribution in [2.45, 2.75) is 6.54 Å². The second kappa shape index (κ2) is 10.5. The Bertz CT molecular complexity index is 1240. The topological polar surface area (TPSA) is 78.4 Å². The maximum Gasteiger partial charge on any atom is 0.271 e. The molecule has 0 aliphatic heterocycles. The fourth-order valence-electron chi connectivity index (χ4n) is 2.98. The van der Waals surface area contributed by atoms with Crippen molar-refractivity contribution in [1.29, 1.82) is 5.26 Å². The summed E-state index contributed by atoms with van der Waals surface area (Å²) in [5, 5.41) is 8.99. The zero-order valence-corrected chi connectivity index (χ0v) is 19.0. The van der Waals surface area contributed by atoms with Gasteiger partial charge >= 0.3 is 0 Å². The largest absolute Gasteiger partial charge is 0.497 e. The summed E-state index contributed by atoms with van der Waals surface area (Å²) in [5.74, 6) is 6.21. The molecule has 0 saturated heterocycles. The number of amides is 1. The highest BCUT2D eigenvalue weighted by Crippen LogP contribution is 2.26. The number of aromatic amines is 1. The molecule has 1 N–H and O–H groups in total. The Morgan fingerprint density at radius 1 is 1.19 bits per heavy atom. The van der Waals surface area contributed by atoms with Crippen LogP contribution in [-0.4, -0.2) is 36.6 Å². The van der Waals surface area contributed by atoms with E-state index in [9.17, 15) is 9.18 Å². The summed E-state index contributed by atoms with van der Waals surface area (Å²) in [4.78, 5) is 17.6. The zero-order chi connectivity index (χ0) is 23.1. The number of H-pyrrole nitrogens is 1. The lowest BCUT2D eigenvalue weighted by atomic mass is 10.1. The van der Waals surface area contributed by atoms with Gasteiger partial charge in [0.15, 0.2) is 0 Å². The standard InChI is InChI=1S/C24H19BrFN3O3/c1-31-20-7-6-17(23(12-20)32-2)15-29(24(30)22-11-19(25)14-28-22)9-3-4-16-5-8-21(26)18(10-16)13-27/h5-8,10-12,14,28H,9,15H2,1-2H3. The molecule has 0 fully saturated rings. The smallest absolute Gasteiger partial charge is 0.271 e. The third kappa shape index (κ3) is 5.48. The first-order valence-electron chi connectivity index (χ1n) is 9.47. The average molecular weight is 496 g/mol. The molecule has 0 spiro atoms. The maximum absolute atomic E-state index is 13.5. The molecular weight excluding hydrogens is 477 g/mol. The number of methoxy groups -OCH3 is 2. The lowest BCUT2D eigenvalue weighted by Crippen LogP contribution is -2.31. The Morgan fingerprint density at radius 2 is 2.00 bits per heavy atom. The highest BCUT2D eigenvalue weighted by molar-refractivity contribution is 9.10. The number of carbonyl (C=O) groups is 1. The third-order valence-electron chi connectivity index (χ3n) is 4.61. The molecule has 6 nitrogen and oxygen atoms in total. The van der Waals surface area contributed by atoms with Gasteiger partial charge in [-0.2, -0.15) is 5.26 Å². The molecule has 0 radical (unpaired) electrons. The fraction of sp³-hybridized carbons (Fsp3) is 0.167. The number of rotatable bonds is 6. The zero-order valence-electron chi connectivity index (χ0n) is 17.4. The van der Waals surface area contributed by atoms with Crippen LogP contribution in [0.2, 0.25) is 0 Å². The molecular formula is C24H19BrFN3O3. The minimum absolute atomic E-state index is 0.0797. The molecule has 0 saturated carbocycles. The normalized spacial score (nSPS) is 9.97. The molecule has 0 aliphatic carbocycles. The molecule has 32 heavy (non-hydrogen) atoms. The molecule has 1 heterocycles. The van der Waals surface area contributed by atoms with Crippen molar-refractivity contribution < 1.29 is 18.7 Å². The van der Waals surface area contributed by atoms with Gasteiger partial charge in [0.1, 0.15) is 29.1 Å². The molecule has 8 heteroatoms. The predicted molar refractivity (Wildman–Crippen MR) is 121 cm³/mol. The van der Waals surface area contributed by atoms with Crippen LogP contribution in [0.25, 0.3) is 0 Å². The van der Waals surface area contributed by atoms with Gasteiger partial charge in [0.2, 0.25) is 0 Å². The van der Waals surface area contributed by atoms with Crippen molar-refractivity contribution in [1.82, 2.24) is 9.88 Å². The highest BCUT2D eigenvalue weighted by Gasteiger charge is 2.19. The molecule has 1 aromatic heterocycles. The number of nitrogens with one attached hydrogen (secondary N) is 1. The summed E-state index contributed by atoms with van der Waals surface area (Å²) < 4.78 is 25.0. The Kier molecular flexibility index (Phi) is 7.54. The van der Waals surface area contributed by atoms with Gasteiger partial charge in [0, 0.05) is 27.9 Å². The van der Waals surface area contributed by atoms with Crippen LogP contribution in [0.3, 0.4) is 0 Å². The van der Waals surface area contributed by atoms with Gasteiger partial charge in [-0.05, 0) is 52.3 Å². The average Bonchev–Trinajstić information content (AvgIpc) is 3.25. The van der Waals surface area contributed by atoms with E-state index in [1.165, 1.54) is 18.2 Å².